The SMILES string of the molecule is C[C@@H]1c2ccccc2C(=O)[C@]12CN(C(=O)c1ccccc1)c1ccccc12. The van der Waals surface area contributed by atoms with Gasteiger partial charge in [-0.05, 0) is 29.3 Å². The van der Waals surface area contributed by atoms with E-state index in [1.165, 1.54) is 0 Å². The van der Waals surface area contributed by atoms with Crippen molar-refractivity contribution in [3.05, 3.63) is 101 Å². The van der Waals surface area contributed by atoms with Gasteiger partial charge in [-0.2, -0.15) is 0 Å². The Kier molecular flexibility index (Phi) is 3.35. The summed E-state index contributed by atoms with van der Waals surface area (Å²) in [6, 6.07) is 25.0. The molecule has 2 atom stereocenters. The summed E-state index contributed by atoms with van der Waals surface area (Å²) in [7, 11) is 0. The number of carbonyl (C=O) groups excluding carboxylic acids is 2. The summed E-state index contributed by atoms with van der Waals surface area (Å²) < 4.78 is 0. The minimum absolute atomic E-state index is 0.0240. The van der Waals surface area contributed by atoms with Crippen molar-refractivity contribution >= 4 is 17.4 Å². The highest BCUT2D eigenvalue weighted by Crippen LogP contribution is 2.55. The van der Waals surface area contributed by atoms with Gasteiger partial charge in [0, 0.05) is 29.3 Å². The molecule has 0 saturated carbocycles. The van der Waals surface area contributed by atoms with Crippen LogP contribution in [0.25, 0.3) is 0 Å². The Labute approximate surface area is 158 Å². The predicted octanol–water partition coefficient (Wildman–Crippen LogP) is 4.58. The number of hydrogen-bond acceptors (Lipinski definition) is 2. The van der Waals surface area contributed by atoms with E-state index in [1.807, 2.05) is 78.9 Å². The summed E-state index contributed by atoms with van der Waals surface area (Å²) in [6.45, 7) is 2.49. The molecule has 27 heavy (non-hydrogen) atoms. The van der Waals surface area contributed by atoms with Crippen LogP contribution < -0.4 is 4.90 Å². The number of benzene rings is 3. The van der Waals surface area contributed by atoms with Gasteiger partial charge in [-0.1, -0.05) is 67.6 Å². The van der Waals surface area contributed by atoms with Gasteiger partial charge in [0.15, 0.2) is 5.78 Å². The molecule has 0 aromatic heterocycles. The van der Waals surface area contributed by atoms with E-state index in [0.717, 1.165) is 22.4 Å². The average Bonchev–Trinajstić information content (AvgIpc) is 3.19. The fourth-order valence-electron chi connectivity index (χ4n) is 4.77. The zero-order chi connectivity index (χ0) is 18.6. The Morgan fingerprint density at radius 1 is 0.926 bits per heavy atom. The van der Waals surface area contributed by atoms with E-state index in [9.17, 15) is 9.59 Å². The molecule has 3 aromatic carbocycles. The molecule has 1 spiro atoms. The summed E-state index contributed by atoms with van der Waals surface area (Å²) in [4.78, 5) is 28.6. The van der Waals surface area contributed by atoms with Crippen LogP contribution in [0.15, 0.2) is 78.9 Å². The van der Waals surface area contributed by atoms with Crippen LogP contribution >= 0.6 is 0 Å². The number of para-hydroxylation sites is 1. The van der Waals surface area contributed by atoms with Gasteiger partial charge in [-0.25, -0.2) is 0 Å². The second-order valence-corrected chi connectivity index (χ2v) is 7.38. The highest BCUT2D eigenvalue weighted by molar-refractivity contribution is 6.15. The summed E-state index contributed by atoms with van der Waals surface area (Å²) in [5, 5.41) is 0. The maximum absolute atomic E-state index is 13.6. The summed E-state index contributed by atoms with van der Waals surface area (Å²) in [5.74, 6) is 0.0909. The van der Waals surface area contributed by atoms with Crippen LogP contribution in [0.2, 0.25) is 0 Å². The van der Waals surface area contributed by atoms with Crippen LogP contribution in [-0.4, -0.2) is 18.2 Å². The third kappa shape index (κ3) is 2.02. The Hall–Kier alpha value is -3.20. The molecule has 1 aliphatic heterocycles. The smallest absolute Gasteiger partial charge is 0.258 e. The van der Waals surface area contributed by atoms with Crippen LogP contribution in [0.1, 0.15) is 44.7 Å². The van der Waals surface area contributed by atoms with E-state index in [4.69, 9.17) is 0 Å². The monoisotopic (exact) mass is 353 g/mol. The van der Waals surface area contributed by atoms with Crippen LogP contribution in [0, 0.1) is 0 Å². The van der Waals surface area contributed by atoms with Gasteiger partial charge in [0.05, 0.1) is 5.41 Å². The Morgan fingerprint density at radius 3 is 2.37 bits per heavy atom. The molecule has 0 fully saturated rings. The molecular formula is C24H19NO2. The van der Waals surface area contributed by atoms with E-state index in [1.54, 1.807) is 4.90 Å². The van der Waals surface area contributed by atoms with Crippen molar-refractivity contribution in [3.8, 4) is 0 Å². The van der Waals surface area contributed by atoms with E-state index in [-0.39, 0.29) is 17.6 Å². The molecular weight excluding hydrogens is 334 g/mol. The van der Waals surface area contributed by atoms with Crippen molar-refractivity contribution in [3.63, 3.8) is 0 Å². The van der Waals surface area contributed by atoms with Gasteiger partial charge in [-0.15, -0.1) is 0 Å². The van der Waals surface area contributed by atoms with Crippen molar-refractivity contribution in [2.45, 2.75) is 18.3 Å². The number of ketones is 1. The lowest BCUT2D eigenvalue weighted by Crippen LogP contribution is -2.42. The molecule has 1 amide bonds. The van der Waals surface area contributed by atoms with Gasteiger partial charge < -0.3 is 4.90 Å². The number of Topliss-reactive ketones (excluding diaryl/α,β-unsaturated/α-hetero) is 1. The number of carbonyl (C=O) groups is 2. The van der Waals surface area contributed by atoms with E-state index < -0.39 is 5.41 Å². The molecule has 0 bridgehead atoms. The zero-order valence-corrected chi connectivity index (χ0v) is 15.1. The quantitative estimate of drug-likeness (QED) is 0.642. The standard InChI is InChI=1S/C24H19NO2/c1-16-18-11-5-6-12-19(18)22(26)24(16)15-25(21-14-8-7-13-20(21)24)23(27)17-9-3-2-4-10-17/h2-14,16H,15H2,1H3/t16-,24-/m1/s1. The molecule has 1 aliphatic carbocycles. The Morgan fingerprint density at radius 2 is 1.59 bits per heavy atom. The lowest BCUT2D eigenvalue weighted by atomic mass is 9.72. The molecule has 3 heteroatoms. The molecule has 5 rings (SSSR count). The highest BCUT2D eigenvalue weighted by atomic mass is 16.2. The van der Waals surface area contributed by atoms with Crippen molar-refractivity contribution in [2.75, 3.05) is 11.4 Å². The maximum atomic E-state index is 13.6. The Bertz CT molecular complexity index is 1070. The van der Waals surface area contributed by atoms with Crippen molar-refractivity contribution in [2.24, 2.45) is 0 Å². The average molecular weight is 353 g/mol. The fraction of sp³-hybridized carbons (Fsp3) is 0.167. The molecule has 132 valence electrons. The largest absolute Gasteiger partial charge is 0.307 e. The molecule has 0 radical (unpaired) electrons. The molecule has 3 nitrogen and oxygen atoms in total. The topological polar surface area (TPSA) is 37.4 Å². The number of rotatable bonds is 1. The van der Waals surface area contributed by atoms with Gasteiger partial charge >= 0.3 is 0 Å². The van der Waals surface area contributed by atoms with Crippen molar-refractivity contribution < 1.29 is 9.59 Å². The first-order valence-corrected chi connectivity index (χ1v) is 9.25. The number of hydrogen-bond donors (Lipinski definition) is 0. The fourth-order valence-corrected chi connectivity index (χ4v) is 4.77. The molecule has 0 saturated heterocycles. The highest BCUT2D eigenvalue weighted by Gasteiger charge is 2.58. The van der Waals surface area contributed by atoms with Crippen LogP contribution in [0.4, 0.5) is 5.69 Å². The molecule has 0 unspecified atom stereocenters. The second kappa shape index (κ2) is 5.65. The second-order valence-electron chi connectivity index (χ2n) is 7.38. The summed E-state index contributed by atoms with van der Waals surface area (Å²) in [5.41, 5.74) is 3.60. The molecule has 3 aromatic rings. The lowest BCUT2D eigenvalue weighted by molar-refractivity contribution is 0.0892. The molecule has 1 heterocycles. The number of nitrogens with zero attached hydrogens (tertiary/aromatic N) is 1. The van der Waals surface area contributed by atoms with Gasteiger partial charge in [0.2, 0.25) is 0 Å². The first-order valence-electron chi connectivity index (χ1n) is 9.25. The third-order valence-corrected chi connectivity index (χ3v) is 6.17. The first-order chi connectivity index (χ1) is 13.1. The number of anilines is 1. The number of fused-ring (bicyclic) bond motifs is 3. The summed E-state index contributed by atoms with van der Waals surface area (Å²) >= 11 is 0. The zero-order valence-electron chi connectivity index (χ0n) is 15.1. The van der Waals surface area contributed by atoms with E-state index in [2.05, 4.69) is 6.92 Å². The molecule has 2 aliphatic rings. The lowest BCUT2D eigenvalue weighted by Gasteiger charge is -2.28. The van der Waals surface area contributed by atoms with Gasteiger partial charge in [-0.3, -0.25) is 9.59 Å². The minimum atomic E-state index is -0.704. The maximum Gasteiger partial charge on any atom is 0.258 e. The minimum Gasteiger partial charge on any atom is -0.307 e. The number of amides is 1. The normalized spacial score (nSPS) is 22.8. The predicted molar refractivity (Wildman–Crippen MR) is 105 cm³/mol. The van der Waals surface area contributed by atoms with E-state index in [0.29, 0.717) is 12.1 Å². The first kappa shape index (κ1) is 16.0. The van der Waals surface area contributed by atoms with Gasteiger partial charge in [0.25, 0.3) is 5.91 Å². The third-order valence-electron chi connectivity index (χ3n) is 6.17. The van der Waals surface area contributed by atoms with Crippen LogP contribution in [0.5, 0.6) is 0 Å². The van der Waals surface area contributed by atoms with Crippen LogP contribution in [0.3, 0.4) is 0 Å². The Balaban J connectivity index is 1.67. The summed E-state index contributed by atoms with van der Waals surface area (Å²) in [6.07, 6.45) is 0. The van der Waals surface area contributed by atoms with Gasteiger partial charge in [0.1, 0.15) is 0 Å². The van der Waals surface area contributed by atoms with Crippen LogP contribution in [-0.2, 0) is 5.41 Å². The van der Waals surface area contributed by atoms with E-state index >= 15 is 0 Å². The van der Waals surface area contributed by atoms with Crippen molar-refractivity contribution in [1.82, 2.24) is 0 Å². The molecule has 0 N–H and O–H groups in total. The van der Waals surface area contributed by atoms with Crippen molar-refractivity contribution in [1.29, 1.82) is 0 Å².